The van der Waals surface area contributed by atoms with Gasteiger partial charge in [0.05, 0.1) is 11.4 Å². The molecule has 2 aromatic carbocycles. The van der Waals surface area contributed by atoms with Gasteiger partial charge in [-0.05, 0) is 12.1 Å². The second-order valence-corrected chi connectivity index (χ2v) is 6.56. The van der Waals surface area contributed by atoms with Crippen molar-refractivity contribution < 1.29 is 9.72 Å². The van der Waals surface area contributed by atoms with Crippen LogP contribution in [0.2, 0.25) is 0 Å². The van der Waals surface area contributed by atoms with Gasteiger partial charge in [-0.3, -0.25) is 14.9 Å². The molecule has 0 radical (unpaired) electrons. The molecule has 27 heavy (non-hydrogen) atoms. The number of rotatable bonds is 6. The minimum absolute atomic E-state index is 0.275. The van der Waals surface area contributed by atoms with E-state index in [2.05, 4.69) is 10.4 Å². The Morgan fingerprint density at radius 2 is 1.81 bits per heavy atom. The van der Waals surface area contributed by atoms with Gasteiger partial charge in [-0.25, -0.2) is 4.68 Å². The van der Waals surface area contributed by atoms with Crippen LogP contribution in [0.15, 0.2) is 66.9 Å². The molecule has 1 amide bonds. The first-order valence-electron chi connectivity index (χ1n) is 8.74. The largest absolute Gasteiger partial charge is 0.351 e. The molecule has 0 spiro atoms. The third-order valence-corrected chi connectivity index (χ3v) is 4.68. The smallest absolute Gasteiger partial charge is 0.230 e. The van der Waals surface area contributed by atoms with Crippen molar-refractivity contribution in [1.29, 1.82) is 0 Å². The zero-order valence-corrected chi connectivity index (χ0v) is 14.5. The molecule has 1 saturated carbocycles. The number of hydrogen-bond acceptors (Lipinski definition) is 4. The number of carbonyl (C=O) groups is 1. The Morgan fingerprint density at radius 3 is 2.44 bits per heavy atom. The topological polar surface area (TPSA) is 90.1 Å². The predicted octanol–water partition coefficient (Wildman–Crippen LogP) is 2.82. The zero-order chi connectivity index (χ0) is 18.8. The summed E-state index contributed by atoms with van der Waals surface area (Å²) in [5, 5.41) is 18.3. The van der Waals surface area contributed by atoms with Crippen LogP contribution >= 0.6 is 0 Å². The van der Waals surface area contributed by atoms with Crippen molar-refractivity contribution in [3.8, 4) is 16.9 Å². The number of para-hydroxylation sites is 1. The average molecular weight is 362 g/mol. The Hall–Kier alpha value is -3.48. The predicted molar refractivity (Wildman–Crippen MR) is 99.7 cm³/mol. The summed E-state index contributed by atoms with van der Waals surface area (Å²) in [4.78, 5) is 22.6. The molecule has 1 aromatic heterocycles. The van der Waals surface area contributed by atoms with Gasteiger partial charge >= 0.3 is 0 Å². The Morgan fingerprint density at radius 1 is 1.15 bits per heavy atom. The number of nitrogens with one attached hydrogen (secondary N) is 1. The first-order valence-corrected chi connectivity index (χ1v) is 8.74. The number of aromatic nitrogens is 2. The van der Waals surface area contributed by atoms with Gasteiger partial charge in [0.25, 0.3) is 0 Å². The molecule has 2 atom stereocenters. The first-order chi connectivity index (χ1) is 13.1. The maximum Gasteiger partial charge on any atom is 0.230 e. The third kappa shape index (κ3) is 3.57. The van der Waals surface area contributed by atoms with Crippen molar-refractivity contribution in [3.05, 3.63) is 82.5 Å². The van der Waals surface area contributed by atoms with E-state index in [1.807, 2.05) is 66.9 Å². The highest BCUT2D eigenvalue weighted by Gasteiger charge is 2.53. The Kier molecular flexibility index (Phi) is 4.42. The van der Waals surface area contributed by atoms with E-state index >= 15 is 0 Å². The first kappa shape index (κ1) is 17.0. The lowest BCUT2D eigenvalue weighted by Gasteiger charge is -2.04. The molecule has 7 heteroatoms. The van der Waals surface area contributed by atoms with Crippen molar-refractivity contribution in [2.24, 2.45) is 5.92 Å². The van der Waals surface area contributed by atoms with Gasteiger partial charge in [0.2, 0.25) is 11.9 Å². The maximum absolute atomic E-state index is 12.2. The van der Waals surface area contributed by atoms with E-state index in [1.54, 1.807) is 4.68 Å². The normalized spacial score (nSPS) is 18.1. The molecule has 0 unspecified atom stereocenters. The molecule has 1 heterocycles. The molecular formula is C20H18N4O3. The van der Waals surface area contributed by atoms with Crippen LogP contribution in [0, 0.1) is 16.0 Å². The van der Waals surface area contributed by atoms with Crippen molar-refractivity contribution >= 4 is 5.91 Å². The fourth-order valence-corrected chi connectivity index (χ4v) is 3.10. The summed E-state index contributed by atoms with van der Waals surface area (Å²) >= 11 is 0. The molecule has 1 aliphatic rings. The zero-order valence-electron chi connectivity index (χ0n) is 14.5. The molecule has 0 aliphatic heterocycles. The van der Waals surface area contributed by atoms with Crippen LogP contribution in [0.4, 0.5) is 0 Å². The van der Waals surface area contributed by atoms with Crippen molar-refractivity contribution in [1.82, 2.24) is 15.1 Å². The van der Waals surface area contributed by atoms with E-state index in [9.17, 15) is 14.9 Å². The molecule has 0 saturated heterocycles. The lowest BCUT2D eigenvalue weighted by molar-refractivity contribution is -0.497. The number of nitro groups is 1. The molecule has 1 aliphatic carbocycles. The van der Waals surface area contributed by atoms with Crippen LogP contribution in [-0.4, -0.2) is 26.7 Å². The van der Waals surface area contributed by atoms with E-state index in [0.717, 1.165) is 22.5 Å². The van der Waals surface area contributed by atoms with Crippen LogP contribution in [0.25, 0.3) is 16.9 Å². The average Bonchev–Trinajstić information content (AvgIpc) is 3.40. The monoisotopic (exact) mass is 362 g/mol. The molecule has 1 fully saturated rings. The molecule has 0 bridgehead atoms. The summed E-state index contributed by atoms with van der Waals surface area (Å²) in [5.74, 6) is -0.799. The number of amides is 1. The molecule has 4 rings (SSSR count). The summed E-state index contributed by atoms with van der Waals surface area (Å²) in [6.45, 7) is 0.275. The fourth-order valence-electron chi connectivity index (χ4n) is 3.10. The molecule has 1 N–H and O–H groups in total. The summed E-state index contributed by atoms with van der Waals surface area (Å²) in [7, 11) is 0. The van der Waals surface area contributed by atoms with E-state index in [-0.39, 0.29) is 17.4 Å². The molecule has 136 valence electrons. The standard InChI is InChI=1S/C20H18N4O3/c25-20(17-11-18(17)24(26)27)21-12-15-13-23(16-9-5-2-6-10-16)22-19(15)14-7-3-1-4-8-14/h1-10,13,17-18H,11-12H2,(H,21,25)/t17-,18-/m1/s1. The van der Waals surface area contributed by atoms with Crippen molar-refractivity contribution in [2.45, 2.75) is 19.0 Å². The second-order valence-electron chi connectivity index (χ2n) is 6.56. The highest BCUT2D eigenvalue weighted by Crippen LogP contribution is 2.33. The summed E-state index contributed by atoms with van der Waals surface area (Å²) in [5.41, 5.74) is 3.51. The Labute approximate surface area is 155 Å². The molecule has 3 aromatic rings. The van der Waals surface area contributed by atoms with Gasteiger partial charge in [-0.2, -0.15) is 5.10 Å². The highest BCUT2D eigenvalue weighted by molar-refractivity contribution is 5.82. The van der Waals surface area contributed by atoms with Gasteiger partial charge in [0, 0.05) is 35.2 Å². The van der Waals surface area contributed by atoms with E-state index in [1.165, 1.54) is 0 Å². The van der Waals surface area contributed by atoms with Gasteiger partial charge in [-0.1, -0.05) is 48.5 Å². The highest BCUT2D eigenvalue weighted by atomic mass is 16.6. The Bertz CT molecular complexity index is 969. The molecule has 7 nitrogen and oxygen atoms in total. The van der Waals surface area contributed by atoms with E-state index in [0.29, 0.717) is 6.42 Å². The number of hydrogen-bond donors (Lipinski definition) is 1. The maximum atomic E-state index is 12.2. The summed E-state index contributed by atoms with van der Waals surface area (Å²) in [6.07, 6.45) is 2.20. The minimum Gasteiger partial charge on any atom is -0.351 e. The van der Waals surface area contributed by atoms with Crippen LogP contribution in [0.3, 0.4) is 0 Å². The number of benzene rings is 2. The number of nitrogens with zero attached hydrogens (tertiary/aromatic N) is 3. The van der Waals surface area contributed by atoms with Gasteiger partial charge in [0.15, 0.2) is 0 Å². The van der Waals surface area contributed by atoms with Gasteiger partial charge < -0.3 is 5.32 Å². The number of carbonyl (C=O) groups excluding carboxylic acids is 1. The fraction of sp³-hybridized carbons (Fsp3) is 0.200. The summed E-state index contributed by atoms with van der Waals surface area (Å²) < 4.78 is 1.78. The minimum atomic E-state index is -0.745. The summed E-state index contributed by atoms with van der Waals surface area (Å²) in [6, 6.07) is 18.7. The van der Waals surface area contributed by atoms with Gasteiger partial charge in [-0.15, -0.1) is 0 Å². The Balaban J connectivity index is 1.58. The van der Waals surface area contributed by atoms with Gasteiger partial charge in [0.1, 0.15) is 5.92 Å². The van der Waals surface area contributed by atoms with Crippen LogP contribution in [0.5, 0.6) is 0 Å². The third-order valence-electron chi connectivity index (χ3n) is 4.68. The van der Waals surface area contributed by atoms with Crippen molar-refractivity contribution in [2.75, 3.05) is 0 Å². The van der Waals surface area contributed by atoms with E-state index in [4.69, 9.17) is 0 Å². The van der Waals surface area contributed by atoms with Crippen LogP contribution < -0.4 is 5.32 Å². The quantitative estimate of drug-likeness (QED) is 0.539. The van der Waals surface area contributed by atoms with Crippen LogP contribution in [0.1, 0.15) is 12.0 Å². The second kappa shape index (κ2) is 7.03. The van der Waals surface area contributed by atoms with Crippen molar-refractivity contribution in [3.63, 3.8) is 0 Å². The SMILES string of the molecule is O=C(NCc1cn(-c2ccccc2)nc1-c1ccccc1)[C@@H]1C[C@H]1[N+](=O)[O-]. The lowest BCUT2D eigenvalue weighted by Crippen LogP contribution is -2.26. The lowest BCUT2D eigenvalue weighted by atomic mass is 10.1. The molecular weight excluding hydrogens is 344 g/mol. The van der Waals surface area contributed by atoms with E-state index < -0.39 is 12.0 Å². The van der Waals surface area contributed by atoms with Crippen LogP contribution in [-0.2, 0) is 11.3 Å².